The minimum atomic E-state index is 0. The van der Waals surface area contributed by atoms with Crippen LogP contribution >= 0.6 is 24.0 Å². The van der Waals surface area contributed by atoms with Crippen LogP contribution in [0.3, 0.4) is 0 Å². The van der Waals surface area contributed by atoms with Crippen LogP contribution in [0, 0.1) is 0 Å². The zero-order valence-corrected chi connectivity index (χ0v) is 22.0. The quantitative estimate of drug-likeness (QED) is 0.231. The van der Waals surface area contributed by atoms with Gasteiger partial charge in [0.2, 0.25) is 5.91 Å². The van der Waals surface area contributed by atoms with Crippen LogP contribution in [0.2, 0.25) is 0 Å². The van der Waals surface area contributed by atoms with Crippen molar-refractivity contribution in [1.29, 1.82) is 0 Å². The van der Waals surface area contributed by atoms with E-state index in [9.17, 15) is 9.90 Å². The fourth-order valence-electron chi connectivity index (χ4n) is 4.45. The third-order valence-corrected chi connectivity index (χ3v) is 6.09. The minimum Gasteiger partial charge on any atom is -0.506 e. The number of hydrogen-bond donors (Lipinski definition) is 2. The smallest absolute Gasteiger partial charge is 0.239 e. The predicted molar refractivity (Wildman–Crippen MR) is 141 cm³/mol. The molecule has 3 rings (SSSR count). The van der Waals surface area contributed by atoms with E-state index in [1.54, 1.807) is 11.0 Å². The molecule has 32 heavy (non-hydrogen) atoms. The summed E-state index contributed by atoms with van der Waals surface area (Å²) < 4.78 is 0. The monoisotopic (exact) mass is 558 g/mol. The lowest BCUT2D eigenvalue weighted by atomic mass is 10.2. The molecule has 0 saturated carbocycles. The van der Waals surface area contributed by atoms with Crippen LogP contribution in [0.4, 0.5) is 5.69 Å². The first kappa shape index (κ1) is 26.5. The molecule has 0 aliphatic carbocycles. The summed E-state index contributed by atoms with van der Waals surface area (Å²) in [5, 5.41) is 13.5. The number of phenolic OH excluding ortho intramolecular Hbond substituents is 1. The van der Waals surface area contributed by atoms with Crippen molar-refractivity contribution in [3.63, 3.8) is 0 Å². The minimum absolute atomic E-state index is 0. The van der Waals surface area contributed by atoms with Crippen molar-refractivity contribution in [2.75, 3.05) is 71.4 Å². The summed E-state index contributed by atoms with van der Waals surface area (Å²) in [5.41, 5.74) is 0.900. The zero-order chi connectivity index (χ0) is 22.2. The molecule has 1 aromatic carbocycles. The second kappa shape index (κ2) is 13.1. The van der Waals surface area contributed by atoms with E-state index < -0.39 is 0 Å². The van der Waals surface area contributed by atoms with Crippen LogP contribution in [0.25, 0.3) is 0 Å². The maximum Gasteiger partial charge on any atom is 0.239 e. The van der Waals surface area contributed by atoms with E-state index in [-0.39, 0.29) is 35.9 Å². The maximum absolute atomic E-state index is 12.4. The van der Waals surface area contributed by atoms with Gasteiger partial charge < -0.3 is 25.1 Å². The van der Waals surface area contributed by atoms with E-state index in [2.05, 4.69) is 26.9 Å². The van der Waals surface area contributed by atoms with Gasteiger partial charge in [-0.1, -0.05) is 12.1 Å². The lowest BCUT2D eigenvalue weighted by molar-refractivity contribution is -0.133. The number of carbonyl (C=O) groups excluding carboxylic acids is 1. The molecule has 2 saturated heterocycles. The van der Waals surface area contributed by atoms with Gasteiger partial charge >= 0.3 is 0 Å². The highest BCUT2D eigenvalue weighted by atomic mass is 127. The summed E-state index contributed by atoms with van der Waals surface area (Å²) in [6.45, 7) is 9.03. The van der Waals surface area contributed by atoms with Crippen LogP contribution in [0.1, 0.15) is 26.2 Å². The number of amides is 1. The van der Waals surface area contributed by atoms with Crippen molar-refractivity contribution in [3.05, 3.63) is 24.3 Å². The van der Waals surface area contributed by atoms with Crippen LogP contribution < -0.4 is 10.2 Å². The van der Waals surface area contributed by atoms with Gasteiger partial charge in [-0.3, -0.25) is 14.7 Å². The molecule has 1 unspecified atom stereocenters. The Morgan fingerprint density at radius 2 is 1.91 bits per heavy atom. The Hall–Kier alpha value is -1.75. The summed E-state index contributed by atoms with van der Waals surface area (Å²) in [4.78, 5) is 25.8. The van der Waals surface area contributed by atoms with E-state index in [4.69, 9.17) is 4.99 Å². The number of nitrogens with zero attached hydrogens (tertiary/aromatic N) is 5. The van der Waals surface area contributed by atoms with E-state index in [1.165, 1.54) is 0 Å². The van der Waals surface area contributed by atoms with Gasteiger partial charge in [-0.15, -0.1) is 24.0 Å². The van der Waals surface area contributed by atoms with Crippen LogP contribution in [0.5, 0.6) is 5.75 Å². The maximum atomic E-state index is 12.4. The number of piperazine rings is 1. The number of benzene rings is 1. The van der Waals surface area contributed by atoms with E-state index in [0.717, 1.165) is 83.3 Å². The van der Waals surface area contributed by atoms with Crippen molar-refractivity contribution in [2.45, 2.75) is 32.2 Å². The highest BCUT2D eigenvalue weighted by Gasteiger charge is 2.31. The third-order valence-electron chi connectivity index (χ3n) is 6.09. The molecule has 2 aliphatic rings. The summed E-state index contributed by atoms with van der Waals surface area (Å²) in [6, 6.07) is 7.56. The number of likely N-dealkylation sites (N-methyl/N-ethyl adjacent to an activating group) is 1. The number of para-hydroxylation sites is 2. The summed E-state index contributed by atoms with van der Waals surface area (Å²) >= 11 is 0. The van der Waals surface area contributed by atoms with Crippen LogP contribution in [-0.2, 0) is 4.79 Å². The first-order valence-corrected chi connectivity index (χ1v) is 11.5. The molecule has 0 spiro atoms. The van der Waals surface area contributed by atoms with Crippen molar-refractivity contribution >= 4 is 41.5 Å². The Balaban J connectivity index is 0.00000363. The van der Waals surface area contributed by atoms with Gasteiger partial charge in [0.25, 0.3) is 0 Å². The molecule has 9 heteroatoms. The van der Waals surface area contributed by atoms with Crippen molar-refractivity contribution in [2.24, 2.45) is 4.99 Å². The Labute approximate surface area is 209 Å². The Morgan fingerprint density at radius 1 is 1.19 bits per heavy atom. The average Bonchev–Trinajstić information content (AvgIpc) is 3.24. The van der Waals surface area contributed by atoms with Crippen molar-refractivity contribution in [1.82, 2.24) is 20.0 Å². The second-order valence-corrected chi connectivity index (χ2v) is 8.48. The number of hydrogen-bond acceptors (Lipinski definition) is 5. The topological polar surface area (TPSA) is 74.7 Å². The van der Waals surface area contributed by atoms with Gasteiger partial charge in [-0.25, -0.2) is 0 Å². The molecule has 2 heterocycles. The molecule has 0 aromatic heterocycles. The fourth-order valence-corrected chi connectivity index (χ4v) is 4.45. The van der Waals surface area contributed by atoms with Crippen molar-refractivity contribution < 1.29 is 9.90 Å². The summed E-state index contributed by atoms with van der Waals surface area (Å²) in [7, 11) is 3.68. The Kier molecular flexibility index (Phi) is 10.8. The third kappa shape index (κ3) is 6.87. The van der Waals surface area contributed by atoms with Gasteiger partial charge in [0.05, 0.1) is 11.7 Å². The lowest BCUT2D eigenvalue weighted by Gasteiger charge is -2.38. The number of halogens is 1. The fraction of sp³-hybridized carbons (Fsp3) is 0.652. The molecule has 2 fully saturated rings. The normalized spacial score (nSPS) is 19.6. The molecule has 0 radical (unpaired) electrons. The molecule has 2 aliphatic heterocycles. The molecular formula is C23H39IN6O2. The highest BCUT2D eigenvalue weighted by molar-refractivity contribution is 14.0. The number of carbonyl (C=O) groups is 1. The Bertz CT molecular complexity index is 752. The number of nitrogens with one attached hydrogen (secondary N) is 1. The molecule has 180 valence electrons. The first-order chi connectivity index (χ1) is 15.0. The molecular weight excluding hydrogens is 519 g/mol. The van der Waals surface area contributed by atoms with Gasteiger partial charge in [0.15, 0.2) is 5.96 Å². The second-order valence-electron chi connectivity index (χ2n) is 8.48. The van der Waals surface area contributed by atoms with Crippen molar-refractivity contribution in [3.8, 4) is 5.75 Å². The largest absolute Gasteiger partial charge is 0.506 e. The van der Waals surface area contributed by atoms with E-state index in [0.29, 0.717) is 5.75 Å². The number of anilines is 1. The number of phenols is 1. The summed E-state index contributed by atoms with van der Waals surface area (Å²) in [5.74, 6) is 1.52. The standard InChI is InChI=1S/C23H38N6O2.HI/c1-4-24-23(25-12-8-14-27-13-7-10-20(27)22(31)26(2)3)29-17-15-28(16-18-29)19-9-5-6-11-21(19)30;/h5-6,9,11,20,30H,4,7-8,10,12-18H2,1-3H3,(H,24,25);1H. The SMILES string of the molecule is CCNC(=NCCCN1CCCC1C(=O)N(C)C)N1CCN(c2ccccc2O)CC1.I. The van der Waals surface area contributed by atoms with Gasteiger partial charge in [0, 0.05) is 59.9 Å². The number of guanidine groups is 1. The predicted octanol–water partition coefficient (Wildman–Crippen LogP) is 2.04. The molecule has 2 N–H and O–H groups in total. The molecule has 1 atom stereocenters. The highest BCUT2D eigenvalue weighted by Crippen LogP contribution is 2.27. The average molecular weight is 559 g/mol. The van der Waals surface area contributed by atoms with Gasteiger partial charge in [0.1, 0.15) is 5.75 Å². The van der Waals surface area contributed by atoms with Gasteiger partial charge in [-0.05, 0) is 44.9 Å². The molecule has 1 amide bonds. The number of likely N-dealkylation sites (tertiary alicyclic amines) is 1. The van der Waals surface area contributed by atoms with Crippen LogP contribution in [-0.4, -0.2) is 104 Å². The van der Waals surface area contributed by atoms with Gasteiger partial charge in [-0.2, -0.15) is 0 Å². The van der Waals surface area contributed by atoms with Crippen LogP contribution in [0.15, 0.2) is 29.3 Å². The number of aromatic hydroxyl groups is 1. The number of aliphatic imine (C=N–C) groups is 1. The number of rotatable bonds is 7. The van der Waals surface area contributed by atoms with E-state index >= 15 is 0 Å². The van der Waals surface area contributed by atoms with E-state index in [1.807, 2.05) is 32.3 Å². The molecule has 8 nitrogen and oxygen atoms in total. The molecule has 1 aromatic rings. The zero-order valence-electron chi connectivity index (χ0n) is 19.7. The molecule has 0 bridgehead atoms. The Morgan fingerprint density at radius 3 is 2.56 bits per heavy atom. The first-order valence-electron chi connectivity index (χ1n) is 11.5. The summed E-state index contributed by atoms with van der Waals surface area (Å²) in [6.07, 6.45) is 3.01. The lowest BCUT2D eigenvalue weighted by Crippen LogP contribution is -2.52.